The molecule has 0 saturated heterocycles. The van der Waals surface area contributed by atoms with Crippen LogP contribution in [0.15, 0.2) is 29.4 Å². The number of rotatable bonds is 3. The Kier molecular flexibility index (Phi) is 3.85. The molecule has 0 radical (unpaired) electrons. The Balaban J connectivity index is 2.77. The molecular weight excluding hydrogens is 194 g/mol. The van der Waals surface area contributed by atoms with Crippen LogP contribution in [0.2, 0.25) is 0 Å². The Morgan fingerprint density at radius 1 is 1.20 bits per heavy atom. The first-order chi connectivity index (χ1) is 7.13. The van der Waals surface area contributed by atoms with E-state index in [0.717, 1.165) is 11.3 Å². The number of oxime groups is 1. The van der Waals surface area contributed by atoms with Crippen molar-refractivity contribution in [3.63, 3.8) is 0 Å². The van der Waals surface area contributed by atoms with E-state index in [1.807, 2.05) is 24.3 Å². The molecule has 4 heteroatoms. The molecule has 1 rings (SSSR count). The van der Waals surface area contributed by atoms with Crippen LogP contribution in [0, 0.1) is 0 Å². The molecule has 80 valence electrons. The molecule has 0 aromatic heterocycles. The number of carbonyl (C=O) groups excluding carboxylic acids is 1. The summed E-state index contributed by atoms with van der Waals surface area (Å²) in [6, 6.07) is 7.34. The van der Waals surface area contributed by atoms with Crippen molar-refractivity contribution >= 4 is 11.7 Å². The lowest BCUT2D eigenvalue weighted by Gasteiger charge is -2.02. The van der Waals surface area contributed by atoms with Crippen LogP contribution in [0.4, 0.5) is 0 Å². The van der Waals surface area contributed by atoms with Crippen molar-refractivity contribution in [1.29, 1.82) is 0 Å². The molecule has 0 atom stereocenters. The van der Waals surface area contributed by atoms with Gasteiger partial charge in [-0.1, -0.05) is 5.16 Å². The number of benzene rings is 1. The van der Waals surface area contributed by atoms with Crippen molar-refractivity contribution in [3.05, 3.63) is 29.8 Å². The van der Waals surface area contributed by atoms with Crippen LogP contribution in [0.3, 0.4) is 0 Å². The molecule has 0 amide bonds. The third kappa shape index (κ3) is 3.42. The van der Waals surface area contributed by atoms with E-state index in [-0.39, 0.29) is 0 Å². The molecule has 0 unspecified atom stereocenters. The fourth-order valence-corrected chi connectivity index (χ4v) is 1.02. The Bertz CT molecular complexity index is 368. The quantitative estimate of drug-likeness (QED) is 0.432. The molecule has 0 aliphatic heterocycles. The van der Waals surface area contributed by atoms with Crippen molar-refractivity contribution in [1.82, 2.24) is 0 Å². The first-order valence-corrected chi connectivity index (χ1v) is 4.50. The van der Waals surface area contributed by atoms with Crippen LogP contribution in [-0.2, 0) is 9.63 Å². The van der Waals surface area contributed by atoms with Crippen LogP contribution in [-0.4, -0.2) is 18.8 Å². The highest BCUT2D eigenvalue weighted by Crippen LogP contribution is 2.11. The predicted molar refractivity (Wildman–Crippen MR) is 57.0 cm³/mol. The molecule has 0 spiro atoms. The van der Waals surface area contributed by atoms with Crippen LogP contribution in [0.25, 0.3) is 0 Å². The summed E-state index contributed by atoms with van der Waals surface area (Å²) in [5.41, 5.74) is 1.53. The minimum Gasteiger partial charge on any atom is -0.497 e. The van der Waals surface area contributed by atoms with Gasteiger partial charge in [0.15, 0.2) is 0 Å². The van der Waals surface area contributed by atoms with Crippen molar-refractivity contribution < 1.29 is 14.4 Å². The highest BCUT2D eigenvalue weighted by atomic mass is 16.7. The van der Waals surface area contributed by atoms with Gasteiger partial charge in [0.2, 0.25) is 0 Å². The molecule has 0 saturated carbocycles. The Morgan fingerprint density at radius 3 is 2.27 bits per heavy atom. The fraction of sp³-hybridized carbons (Fsp3) is 0.273. The minimum atomic E-state index is -0.428. The van der Waals surface area contributed by atoms with Gasteiger partial charge in [0.1, 0.15) is 5.75 Å². The molecule has 0 fully saturated rings. The molecule has 1 aromatic rings. The highest BCUT2D eigenvalue weighted by Gasteiger charge is 1.99. The van der Waals surface area contributed by atoms with Crippen LogP contribution >= 0.6 is 0 Å². The van der Waals surface area contributed by atoms with E-state index in [9.17, 15) is 4.79 Å². The molecule has 0 N–H and O–H groups in total. The van der Waals surface area contributed by atoms with Gasteiger partial charge in [0, 0.05) is 6.92 Å². The fourth-order valence-electron chi connectivity index (χ4n) is 1.02. The summed E-state index contributed by atoms with van der Waals surface area (Å²) in [5, 5.41) is 3.68. The zero-order valence-electron chi connectivity index (χ0n) is 8.98. The predicted octanol–water partition coefficient (Wildman–Crippen LogP) is 1.98. The summed E-state index contributed by atoms with van der Waals surface area (Å²) < 4.78 is 5.02. The van der Waals surface area contributed by atoms with Gasteiger partial charge in [0.25, 0.3) is 0 Å². The van der Waals surface area contributed by atoms with Gasteiger partial charge >= 0.3 is 5.97 Å². The summed E-state index contributed by atoms with van der Waals surface area (Å²) in [4.78, 5) is 15.1. The molecule has 1 aromatic carbocycles. The lowest BCUT2D eigenvalue weighted by molar-refractivity contribution is -0.140. The molecule has 0 aliphatic rings. The van der Waals surface area contributed by atoms with Crippen molar-refractivity contribution in [3.8, 4) is 5.75 Å². The van der Waals surface area contributed by atoms with E-state index >= 15 is 0 Å². The molecule has 0 aliphatic carbocycles. The third-order valence-corrected chi connectivity index (χ3v) is 1.82. The third-order valence-electron chi connectivity index (χ3n) is 1.82. The average molecular weight is 207 g/mol. The van der Waals surface area contributed by atoms with Crippen LogP contribution < -0.4 is 4.74 Å². The maximum absolute atomic E-state index is 10.5. The van der Waals surface area contributed by atoms with Gasteiger partial charge in [-0.15, -0.1) is 0 Å². The summed E-state index contributed by atoms with van der Waals surface area (Å²) in [5.74, 6) is 0.349. The zero-order valence-corrected chi connectivity index (χ0v) is 8.98. The molecular formula is C11H13NO3. The second-order valence-corrected chi connectivity index (χ2v) is 2.99. The van der Waals surface area contributed by atoms with E-state index < -0.39 is 5.97 Å². The van der Waals surface area contributed by atoms with E-state index in [1.54, 1.807) is 14.0 Å². The van der Waals surface area contributed by atoms with Crippen LogP contribution in [0.5, 0.6) is 5.75 Å². The minimum absolute atomic E-state index is 0.428. The first-order valence-electron chi connectivity index (χ1n) is 4.50. The monoisotopic (exact) mass is 207 g/mol. The van der Waals surface area contributed by atoms with Crippen LogP contribution in [0.1, 0.15) is 19.4 Å². The summed E-state index contributed by atoms with van der Waals surface area (Å²) in [6.45, 7) is 3.08. The van der Waals surface area contributed by atoms with Gasteiger partial charge in [-0.25, -0.2) is 4.79 Å². The van der Waals surface area contributed by atoms with Gasteiger partial charge in [-0.3, -0.25) is 0 Å². The van der Waals surface area contributed by atoms with E-state index in [0.29, 0.717) is 5.71 Å². The zero-order chi connectivity index (χ0) is 11.3. The standard InChI is InChI=1S/C11H13NO3/c1-8(12-15-9(2)13)10-4-6-11(14-3)7-5-10/h4-7H,1-3H3. The summed E-state index contributed by atoms with van der Waals surface area (Å²) in [7, 11) is 1.61. The van der Waals surface area contributed by atoms with Crippen molar-refractivity contribution in [2.45, 2.75) is 13.8 Å². The topological polar surface area (TPSA) is 47.9 Å². The Morgan fingerprint density at radius 2 is 1.80 bits per heavy atom. The highest BCUT2D eigenvalue weighted by molar-refractivity contribution is 5.98. The second kappa shape index (κ2) is 5.14. The Labute approximate surface area is 88.5 Å². The second-order valence-electron chi connectivity index (χ2n) is 2.99. The first kappa shape index (κ1) is 11.2. The maximum Gasteiger partial charge on any atom is 0.331 e. The largest absolute Gasteiger partial charge is 0.497 e. The summed E-state index contributed by atoms with van der Waals surface area (Å²) in [6.07, 6.45) is 0. The summed E-state index contributed by atoms with van der Waals surface area (Å²) >= 11 is 0. The lowest BCUT2D eigenvalue weighted by Crippen LogP contribution is -1.99. The number of hydrogen-bond acceptors (Lipinski definition) is 4. The Hall–Kier alpha value is -1.84. The number of methoxy groups -OCH3 is 1. The average Bonchev–Trinajstić information content (AvgIpc) is 2.26. The number of carbonyl (C=O) groups is 1. The number of ether oxygens (including phenoxy) is 1. The normalized spacial score (nSPS) is 11.0. The van der Waals surface area contributed by atoms with E-state index in [1.165, 1.54) is 6.92 Å². The van der Waals surface area contributed by atoms with Crippen molar-refractivity contribution in [2.24, 2.45) is 5.16 Å². The molecule has 15 heavy (non-hydrogen) atoms. The van der Waals surface area contributed by atoms with E-state index in [4.69, 9.17) is 4.74 Å². The van der Waals surface area contributed by atoms with E-state index in [2.05, 4.69) is 9.99 Å². The van der Waals surface area contributed by atoms with Gasteiger partial charge in [-0.05, 0) is 36.8 Å². The molecule has 0 bridgehead atoms. The van der Waals surface area contributed by atoms with Gasteiger partial charge in [0.05, 0.1) is 12.8 Å². The van der Waals surface area contributed by atoms with Crippen molar-refractivity contribution in [2.75, 3.05) is 7.11 Å². The lowest BCUT2D eigenvalue weighted by atomic mass is 10.1. The number of hydrogen-bond donors (Lipinski definition) is 0. The number of nitrogens with zero attached hydrogens (tertiary/aromatic N) is 1. The van der Waals surface area contributed by atoms with Gasteiger partial charge < -0.3 is 9.57 Å². The van der Waals surface area contributed by atoms with Gasteiger partial charge in [-0.2, -0.15) is 0 Å². The SMILES string of the molecule is COc1ccc(C(C)=NOC(C)=O)cc1. The molecule has 4 nitrogen and oxygen atoms in total. The maximum atomic E-state index is 10.5. The molecule has 0 heterocycles. The smallest absolute Gasteiger partial charge is 0.331 e.